The number of alkyl halides is 1. The van der Waals surface area contributed by atoms with Crippen molar-refractivity contribution in [2.45, 2.75) is 95.1 Å². The summed E-state index contributed by atoms with van der Waals surface area (Å²) < 4.78 is 14.4. The van der Waals surface area contributed by atoms with Gasteiger partial charge < -0.3 is 15.5 Å². The van der Waals surface area contributed by atoms with E-state index in [2.05, 4.69) is 27.4 Å². The maximum atomic E-state index is 14.4. The Balaban J connectivity index is 1.10. The highest BCUT2D eigenvalue weighted by atomic mass is 19.1. The SMILES string of the molecule is CC1CCC(F)C2CC(C(=O)N[C@@H]3CCC[C@H](N4CCN(C(=O)C5CC5)CC4)C3)NC12. The Morgan fingerprint density at radius 1 is 0.968 bits per heavy atom. The number of carbonyl (C=O) groups excluding carboxylic acids is 2. The van der Waals surface area contributed by atoms with Gasteiger partial charge in [-0.15, -0.1) is 0 Å². The second-order valence-electron chi connectivity index (χ2n) is 10.9. The van der Waals surface area contributed by atoms with E-state index in [1.165, 1.54) is 6.42 Å². The van der Waals surface area contributed by atoms with Crippen molar-refractivity contribution >= 4 is 11.8 Å². The summed E-state index contributed by atoms with van der Waals surface area (Å²) in [7, 11) is 0. The first kappa shape index (κ1) is 21.6. The van der Waals surface area contributed by atoms with Crippen LogP contribution < -0.4 is 10.6 Å². The zero-order chi connectivity index (χ0) is 21.5. The van der Waals surface area contributed by atoms with Gasteiger partial charge in [-0.3, -0.25) is 14.5 Å². The maximum absolute atomic E-state index is 14.4. The third kappa shape index (κ3) is 4.63. The number of halogens is 1. The lowest BCUT2D eigenvalue weighted by Gasteiger charge is -2.42. The summed E-state index contributed by atoms with van der Waals surface area (Å²) >= 11 is 0. The van der Waals surface area contributed by atoms with Gasteiger partial charge in [0.15, 0.2) is 0 Å². The Labute approximate surface area is 185 Å². The molecule has 2 N–H and O–H groups in total. The molecule has 0 spiro atoms. The summed E-state index contributed by atoms with van der Waals surface area (Å²) in [6.45, 7) is 5.78. The number of hydrogen-bond donors (Lipinski definition) is 2. The van der Waals surface area contributed by atoms with Crippen molar-refractivity contribution in [3.8, 4) is 0 Å². The number of nitrogens with zero attached hydrogens (tertiary/aromatic N) is 2. The van der Waals surface area contributed by atoms with Gasteiger partial charge in [-0.1, -0.05) is 6.92 Å². The van der Waals surface area contributed by atoms with Crippen LogP contribution in [-0.4, -0.2) is 78.1 Å². The maximum Gasteiger partial charge on any atom is 0.237 e. The van der Waals surface area contributed by atoms with Crippen LogP contribution in [0.2, 0.25) is 0 Å². The average molecular weight is 435 g/mol. The molecule has 5 aliphatic rings. The average Bonchev–Trinajstić information content (AvgIpc) is 3.53. The van der Waals surface area contributed by atoms with Crippen molar-refractivity contribution in [2.24, 2.45) is 17.8 Å². The molecule has 0 radical (unpaired) electrons. The van der Waals surface area contributed by atoms with Gasteiger partial charge in [0.1, 0.15) is 6.17 Å². The topological polar surface area (TPSA) is 64.7 Å². The van der Waals surface area contributed by atoms with Gasteiger partial charge in [0.25, 0.3) is 0 Å². The molecule has 2 heterocycles. The van der Waals surface area contributed by atoms with Crippen molar-refractivity contribution in [3.63, 3.8) is 0 Å². The molecule has 2 aliphatic heterocycles. The second kappa shape index (κ2) is 8.97. The number of rotatable bonds is 4. The molecule has 0 aromatic carbocycles. The molecule has 2 saturated heterocycles. The lowest BCUT2D eigenvalue weighted by molar-refractivity contribution is -0.135. The summed E-state index contributed by atoms with van der Waals surface area (Å²) in [5.74, 6) is 1.18. The van der Waals surface area contributed by atoms with Gasteiger partial charge in [0.2, 0.25) is 11.8 Å². The molecule has 5 unspecified atom stereocenters. The van der Waals surface area contributed by atoms with E-state index in [-0.39, 0.29) is 30.0 Å². The van der Waals surface area contributed by atoms with Gasteiger partial charge in [-0.2, -0.15) is 0 Å². The lowest BCUT2D eigenvalue weighted by atomic mass is 9.77. The van der Waals surface area contributed by atoms with E-state index in [4.69, 9.17) is 0 Å². The van der Waals surface area contributed by atoms with E-state index in [1.54, 1.807) is 0 Å². The Hall–Kier alpha value is -1.21. The van der Waals surface area contributed by atoms with Crippen LogP contribution in [0.5, 0.6) is 0 Å². The zero-order valence-corrected chi connectivity index (χ0v) is 18.9. The minimum Gasteiger partial charge on any atom is -0.352 e. The number of nitrogens with one attached hydrogen (secondary N) is 2. The fourth-order valence-electron chi connectivity index (χ4n) is 6.62. The molecule has 2 amide bonds. The molecule has 5 fully saturated rings. The molecule has 0 aromatic heterocycles. The largest absolute Gasteiger partial charge is 0.352 e. The molecular formula is C24H39FN4O2. The molecule has 5 rings (SSSR count). The van der Waals surface area contributed by atoms with Gasteiger partial charge >= 0.3 is 0 Å². The van der Waals surface area contributed by atoms with Crippen molar-refractivity contribution in [3.05, 3.63) is 0 Å². The van der Waals surface area contributed by atoms with Crippen LogP contribution in [0.25, 0.3) is 0 Å². The van der Waals surface area contributed by atoms with E-state index in [0.29, 0.717) is 36.6 Å². The molecule has 6 nitrogen and oxygen atoms in total. The Morgan fingerprint density at radius 2 is 1.74 bits per heavy atom. The predicted octanol–water partition coefficient (Wildman–Crippen LogP) is 2.08. The van der Waals surface area contributed by atoms with Crippen LogP contribution in [-0.2, 0) is 9.59 Å². The standard InChI is InChI=1S/C24H39FN4O2/c1-15-5-8-20(25)19-14-21(27-22(15)19)23(30)26-17-3-2-4-18(13-17)28-9-11-29(12-10-28)24(31)16-6-7-16/h15-22,27H,2-14H2,1H3,(H,26,30)/t15?,17-,18+,19?,20?,21?,22?/m1/s1. The predicted molar refractivity (Wildman–Crippen MR) is 117 cm³/mol. The first-order valence-corrected chi connectivity index (χ1v) is 12.7. The Morgan fingerprint density at radius 3 is 2.45 bits per heavy atom. The highest BCUT2D eigenvalue weighted by Crippen LogP contribution is 2.39. The molecule has 0 bridgehead atoms. The van der Waals surface area contributed by atoms with E-state index < -0.39 is 6.17 Å². The summed E-state index contributed by atoms with van der Waals surface area (Å²) in [6.07, 6.45) is 7.89. The van der Waals surface area contributed by atoms with E-state index in [9.17, 15) is 14.0 Å². The van der Waals surface area contributed by atoms with Gasteiger partial charge in [0, 0.05) is 56.1 Å². The zero-order valence-electron chi connectivity index (χ0n) is 18.9. The molecule has 3 saturated carbocycles. The van der Waals surface area contributed by atoms with Crippen LogP contribution >= 0.6 is 0 Å². The highest BCUT2D eigenvalue weighted by Gasteiger charge is 2.46. The van der Waals surface area contributed by atoms with E-state index in [1.807, 2.05) is 0 Å². The molecule has 7 heteroatoms. The van der Waals surface area contributed by atoms with Crippen LogP contribution in [0.15, 0.2) is 0 Å². The normalized spacial score (nSPS) is 41.6. The lowest BCUT2D eigenvalue weighted by Crippen LogP contribution is -2.55. The number of fused-ring (bicyclic) bond motifs is 1. The van der Waals surface area contributed by atoms with Crippen molar-refractivity contribution in [1.29, 1.82) is 0 Å². The van der Waals surface area contributed by atoms with Crippen LogP contribution in [0.3, 0.4) is 0 Å². The first-order valence-electron chi connectivity index (χ1n) is 12.7. The first-order chi connectivity index (χ1) is 15.0. The smallest absolute Gasteiger partial charge is 0.237 e. The van der Waals surface area contributed by atoms with Crippen LogP contribution in [0.4, 0.5) is 4.39 Å². The summed E-state index contributed by atoms with van der Waals surface area (Å²) in [5, 5.41) is 6.77. The van der Waals surface area contributed by atoms with E-state index in [0.717, 1.165) is 64.7 Å². The minimum absolute atomic E-state index is 0.00625. The highest BCUT2D eigenvalue weighted by molar-refractivity contribution is 5.82. The molecule has 174 valence electrons. The number of amides is 2. The molecule has 31 heavy (non-hydrogen) atoms. The van der Waals surface area contributed by atoms with Gasteiger partial charge in [-0.05, 0) is 63.7 Å². The summed E-state index contributed by atoms with van der Waals surface area (Å²) in [5.41, 5.74) is 0. The van der Waals surface area contributed by atoms with Crippen LogP contribution in [0, 0.1) is 17.8 Å². The van der Waals surface area contributed by atoms with Crippen molar-refractivity contribution in [1.82, 2.24) is 20.4 Å². The number of carbonyl (C=O) groups is 2. The Kier molecular flexibility index (Phi) is 6.26. The number of hydrogen-bond acceptors (Lipinski definition) is 4. The second-order valence-corrected chi connectivity index (χ2v) is 10.9. The molecule has 0 aromatic rings. The van der Waals surface area contributed by atoms with Crippen molar-refractivity contribution in [2.75, 3.05) is 26.2 Å². The quantitative estimate of drug-likeness (QED) is 0.711. The van der Waals surface area contributed by atoms with Crippen LogP contribution in [0.1, 0.15) is 64.7 Å². The minimum atomic E-state index is -0.768. The van der Waals surface area contributed by atoms with E-state index >= 15 is 0 Å². The Bertz CT molecular complexity index is 660. The molecular weight excluding hydrogens is 395 g/mol. The van der Waals surface area contributed by atoms with Gasteiger partial charge in [0.05, 0.1) is 6.04 Å². The van der Waals surface area contributed by atoms with Crippen molar-refractivity contribution < 1.29 is 14.0 Å². The summed E-state index contributed by atoms with van der Waals surface area (Å²) in [4.78, 5) is 29.9. The molecule has 3 aliphatic carbocycles. The van der Waals surface area contributed by atoms with Gasteiger partial charge in [-0.25, -0.2) is 4.39 Å². The fourth-order valence-corrected chi connectivity index (χ4v) is 6.62. The third-order valence-electron chi connectivity index (χ3n) is 8.72. The fraction of sp³-hybridized carbons (Fsp3) is 0.917. The number of piperazine rings is 1. The third-order valence-corrected chi connectivity index (χ3v) is 8.72. The monoisotopic (exact) mass is 434 g/mol. The summed E-state index contributed by atoms with van der Waals surface area (Å²) in [6, 6.07) is 0.603. The molecule has 7 atom stereocenters.